The minimum absolute atomic E-state index is 0.0370. The zero-order chi connectivity index (χ0) is 19.9. The van der Waals surface area contributed by atoms with Crippen LogP contribution in [0.4, 0.5) is 0 Å². The van der Waals surface area contributed by atoms with Crippen molar-refractivity contribution in [1.29, 1.82) is 0 Å². The van der Waals surface area contributed by atoms with Gasteiger partial charge < -0.3 is 14.6 Å². The monoisotopic (exact) mass is 397 g/mol. The van der Waals surface area contributed by atoms with Gasteiger partial charge in [0.15, 0.2) is 0 Å². The van der Waals surface area contributed by atoms with E-state index in [9.17, 15) is 27.9 Å². The first-order valence-electron chi connectivity index (χ1n) is 8.29. The van der Waals surface area contributed by atoms with E-state index in [-0.39, 0.29) is 22.4 Å². The van der Waals surface area contributed by atoms with E-state index in [2.05, 4.69) is 9.47 Å². The maximum Gasteiger partial charge on any atom is 0.339 e. The second-order valence-electron chi connectivity index (χ2n) is 6.51. The molecule has 0 amide bonds. The minimum atomic E-state index is -4.23. The molecule has 2 heterocycles. The highest BCUT2D eigenvalue weighted by molar-refractivity contribution is 7.89. The van der Waals surface area contributed by atoms with Gasteiger partial charge in [0.1, 0.15) is 0 Å². The van der Waals surface area contributed by atoms with Crippen LogP contribution in [0.15, 0.2) is 23.1 Å². The Hall–Kier alpha value is -2.46. The lowest BCUT2D eigenvalue weighted by molar-refractivity contribution is -0.142. The van der Waals surface area contributed by atoms with Gasteiger partial charge in [-0.1, -0.05) is 0 Å². The van der Waals surface area contributed by atoms with E-state index in [1.54, 1.807) is 0 Å². The third-order valence-electron chi connectivity index (χ3n) is 5.15. The van der Waals surface area contributed by atoms with Crippen LogP contribution in [0.2, 0.25) is 0 Å². The Morgan fingerprint density at radius 2 is 1.78 bits per heavy atom. The third-order valence-corrected chi connectivity index (χ3v) is 7.17. The van der Waals surface area contributed by atoms with Crippen LogP contribution in [-0.2, 0) is 24.3 Å². The fraction of sp³-hybridized carbons (Fsp3) is 0.471. The van der Waals surface area contributed by atoms with Crippen molar-refractivity contribution in [3.05, 3.63) is 29.3 Å². The molecular formula is C17H19NO8S. The fourth-order valence-electron chi connectivity index (χ4n) is 3.95. The zero-order valence-corrected chi connectivity index (χ0v) is 15.6. The summed E-state index contributed by atoms with van der Waals surface area (Å²) in [5.41, 5.74) is -0.256. The van der Waals surface area contributed by atoms with Gasteiger partial charge in [-0.05, 0) is 37.5 Å². The van der Waals surface area contributed by atoms with Crippen molar-refractivity contribution < 1.29 is 37.4 Å². The van der Waals surface area contributed by atoms with Gasteiger partial charge in [0.25, 0.3) is 0 Å². The average Bonchev–Trinajstić information content (AvgIpc) is 3.25. The molecule has 3 rings (SSSR count). The number of ether oxygens (including phenoxy) is 2. The Balaban J connectivity index is 2.12. The Kier molecular flexibility index (Phi) is 4.96. The number of sulfonamides is 1. The summed E-state index contributed by atoms with van der Waals surface area (Å²) in [4.78, 5) is 35.0. The van der Waals surface area contributed by atoms with Gasteiger partial charge in [0.05, 0.1) is 36.2 Å². The van der Waals surface area contributed by atoms with Gasteiger partial charge >= 0.3 is 17.9 Å². The molecule has 2 aliphatic rings. The first-order chi connectivity index (χ1) is 12.7. The van der Waals surface area contributed by atoms with E-state index in [0.717, 1.165) is 20.3 Å². The Morgan fingerprint density at radius 1 is 1.11 bits per heavy atom. The summed E-state index contributed by atoms with van der Waals surface area (Å²) in [6, 6.07) is 2.41. The van der Waals surface area contributed by atoms with E-state index >= 15 is 0 Å². The molecule has 3 unspecified atom stereocenters. The lowest BCUT2D eigenvalue weighted by Crippen LogP contribution is -2.38. The predicted octanol–water partition coefficient (Wildman–Crippen LogP) is 0.886. The molecular weight excluding hydrogens is 378 g/mol. The van der Waals surface area contributed by atoms with E-state index in [4.69, 9.17) is 0 Å². The predicted molar refractivity (Wildman–Crippen MR) is 90.7 cm³/mol. The van der Waals surface area contributed by atoms with Crippen LogP contribution in [0.25, 0.3) is 0 Å². The molecule has 0 aliphatic carbocycles. The molecule has 0 radical (unpaired) electrons. The van der Waals surface area contributed by atoms with Gasteiger partial charge in [-0.3, -0.25) is 4.79 Å². The summed E-state index contributed by atoms with van der Waals surface area (Å²) >= 11 is 0. The molecule has 3 atom stereocenters. The number of carboxylic acids is 1. The lowest BCUT2D eigenvalue weighted by Gasteiger charge is -2.23. The second kappa shape index (κ2) is 6.93. The van der Waals surface area contributed by atoms with E-state index < -0.39 is 45.9 Å². The van der Waals surface area contributed by atoms with Gasteiger partial charge in [0.2, 0.25) is 10.0 Å². The van der Waals surface area contributed by atoms with Gasteiger partial charge in [-0.15, -0.1) is 0 Å². The maximum absolute atomic E-state index is 13.3. The van der Waals surface area contributed by atoms with Crippen LogP contribution in [0.1, 0.15) is 40.0 Å². The Labute approximate surface area is 155 Å². The highest BCUT2D eigenvalue weighted by Crippen LogP contribution is 2.45. The van der Waals surface area contributed by atoms with Crippen molar-refractivity contribution in [2.24, 2.45) is 5.92 Å². The number of esters is 2. The smallest absolute Gasteiger partial charge is 0.339 e. The zero-order valence-electron chi connectivity index (χ0n) is 14.7. The van der Waals surface area contributed by atoms with Crippen molar-refractivity contribution in [3.8, 4) is 0 Å². The Morgan fingerprint density at radius 3 is 2.33 bits per heavy atom. The van der Waals surface area contributed by atoms with E-state index in [1.165, 1.54) is 16.4 Å². The molecule has 1 aromatic carbocycles. The summed E-state index contributed by atoms with van der Waals surface area (Å²) in [6.07, 6.45) is 1.21. The normalized spacial score (nSPS) is 24.6. The molecule has 1 N–H and O–H groups in total. The summed E-state index contributed by atoms with van der Waals surface area (Å²) in [6.45, 7) is 0. The first-order valence-corrected chi connectivity index (χ1v) is 9.73. The molecule has 0 saturated carbocycles. The van der Waals surface area contributed by atoms with Crippen LogP contribution in [0, 0.1) is 5.92 Å². The summed E-state index contributed by atoms with van der Waals surface area (Å²) < 4.78 is 37.1. The van der Waals surface area contributed by atoms with Gasteiger partial charge in [-0.25, -0.2) is 18.0 Å². The fourth-order valence-corrected chi connectivity index (χ4v) is 6.08. The topological polar surface area (TPSA) is 127 Å². The number of hydrogen-bond donors (Lipinski definition) is 1. The van der Waals surface area contributed by atoms with Crippen molar-refractivity contribution >= 4 is 27.9 Å². The molecule has 2 saturated heterocycles. The molecule has 2 fully saturated rings. The van der Waals surface area contributed by atoms with Crippen LogP contribution >= 0.6 is 0 Å². The summed E-state index contributed by atoms with van der Waals surface area (Å²) in [7, 11) is -1.96. The minimum Gasteiger partial charge on any atom is -0.481 e. The molecule has 2 bridgehead atoms. The second-order valence-corrected chi connectivity index (χ2v) is 8.32. The molecule has 9 nitrogen and oxygen atoms in total. The number of aliphatic carboxylic acids is 1. The van der Waals surface area contributed by atoms with E-state index in [1.807, 2.05) is 0 Å². The lowest BCUT2D eigenvalue weighted by atomic mass is 9.89. The number of hydrogen-bond acceptors (Lipinski definition) is 7. The van der Waals surface area contributed by atoms with Crippen molar-refractivity contribution in [3.63, 3.8) is 0 Å². The molecule has 0 aromatic heterocycles. The third kappa shape index (κ3) is 3.08. The number of carboxylic acid groups (broad SMARTS) is 1. The van der Waals surface area contributed by atoms with Crippen molar-refractivity contribution in [2.45, 2.75) is 36.2 Å². The molecule has 10 heteroatoms. The molecule has 27 heavy (non-hydrogen) atoms. The number of rotatable bonds is 5. The summed E-state index contributed by atoms with van der Waals surface area (Å²) in [5.74, 6) is -3.45. The van der Waals surface area contributed by atoms with Crippen molar-refractivity contribution in [2.75, 3.05) is 14.2 Å². The number of fused-ring (bicyclic) bond motifs is 2. The summed E-state index contributed by atoms with van der Waals surface area (Å²) in [5, 5.41) is 9.36. The number of methoxy groups -OCH3 is 2. The van der Waals surface area contributed by atoms with Crippen LogP contribution in [0.5, 0.6) is 0 Å². The van der Waals surface area contributed by atoms with Crippen molar-refractivity contribution in [1.82, 2.24) is 4.31 Å². The largest absolute Gasteiger partial charge is 0.481 e. The van der Waals surface area contributed by atoms with Crippen LogP contribution in [0.3, 0.4) is 0 Å². The highest BCUT2D eigenvalue weighted by atomic mass is 32.2. The average molecular weight is 397 g/mol. The SMILES string of the molecule is COC(=O)c1ccc(C(=O)OC)c(S(=O)(=O)N2C3CCC2C(C(=O)O)C3)c1. The standard InChI is InChI=1S/C17H19NO8S/c1-25-16(21)9-3-5-11(17(22)26-2)14(7-9)27(23,24)18-10-4-6-13(18)12(8-10)15(19)20/h3,5,7,10,12-13H,4,6,8H2,1-2H3,(H,19,20). The Bertz CT molecular complexity index is 910. The molecule has 1 aromatic rings. The number of benzene rings is 1. The van der Waals surface area contributed by atoms with Gasteiger partial charge in [0, 0.05) is 12.1 Å². The number of carbonyl (C=O) groups is 3. The number of carbonyl (C=O) groups excluding carboxylic acids is 2. The van der Waals surface area contributed by atoms with Crippen LogP contribution in [-0.4, -0.2) is 62.0 Å². The van der Waals surface area contributed by atoms with Crippen LogP contribution < -0.4 is 0 Å². The molecule has 0 spiro atoms. The molecule has 146 valence electrons. The maximum atomic E-state index is 13.3. The first kappa shape index (κ1) is 19.3. The van der Waals surface area contributed by atoms with E-state index in [0.29, 0.717) is 12.8 Å². The molecule has 2 aliphatic heterocycles. The highest BCUT2D eigenvalue weighted by Gasteiger charge is 2.55. The quantitative estimate of drug-likeness (QED) is 0.726. The number of nitrogens with zero attached hydrogens (tertiary/aromatic N) is 1. The van der Waals surface area contributed by atoms with Gasteiger partial charge in [-0.2, -0.15) is 4.31 Å².